The molecule has 4 atom stereocenters. The van der Waals surface area contributed by atoms with Gasteiger partial charge in [-0.2, -0.15) is 0 Å². The lowest BCUT2D eigenvalue weighted by atomic mass is 9.58. The largest absolute Gasteiger partial charge is 0.508 e. The van der Waals surface area contributed by atoms with Crippen molar-refractivity contribution in [1.29, 1.82) is 0 Å². The molecule has 0 amide bonds. The summed E-state index contributed by atoms with van der Waals surface area (Å²) in [6.45, 7) is 2.85. The molecule has 0 aromatic heterocycles. The van der Waals surface area contributed by atoms with Gasteiger partial charge in [0.15, 0.2) is 0 Å². The number of benzene rings is 1. The Morgan fingerprint density at radius 1 is 1.35 bits per heavy atom. The van der Waals surface area contributed by atoms with Crippen molar-refractivity contribution in [1.82, 2.24) is 0 Å². The molecule has 2 aliphatic carbocycles. The van der Waals surface area contributed by atoms with E-state index in [1.807, 2.05) is 6.07 Å². The molecule has 0 saturated heterocycles. The third-order valence-corrected chi connectivity index (χ3v) is 5.97. The van der Waals surface area contributed by atoms with Gasteiger partial charge in [0.25, 0.3) is 0 Å². The van der Waals surface area contributed by atoms with Crippen LogP contribution in [-0.2, 0) is 4.79 Å². The van der Waals surface area contributed by atoms with Crippen LogP contribution in [0.3, 0.4) is 0 Å². The zero-order valence-corrected chi connectivity index (χ0v) is 11.8. The number of ketones is 1. The Balaban J connectivity index is 1.73. The summed E-state index contributed by atoms with van der Waals surface area (Å²) in [7, 11) is 0. The van der Waals surface area contributed by atoms with Crippen LogP contribution in [0, 0.1) is 17.3 Å². The van der Waals surface area contributed by atoms with Crippen LogP contribution in [0.25, 0.3) is 0 Å². The minimum Gasteiger partial charge on any atom is -0.508 e. The van der Waals surface area contributed by atoms with Crippen LogP contribution in [0.5, 0.6) is 11.5 Å². The van der Waals surface area contributed by atoms with Crippen molar-refractivity contribution in [2.24, 2.45) is 17.3 Å². The number of aromatic hydroxyl groups is 1. The highest BCUT2D eigenvalue weighted by Gasteiger charge is 2.55. The summed E-state index contributed by atoms with van der Waals surface area (Å²) in [5.74, 6) is 2.96. The maximum atomic E-state index is 12.2. The third kappa shape index (κ3) is 1.49. The summed E-state index contributed by atoms with van der Waals surface area (Å²) in [5, 5.41) is 9.59. The predicted molar refractivity (Wildman–Crippen MR) is 74.9 cm³/mol. The van der Waals surface area contributed by atoms with Gasteiger partial charge in [-0.3, -0.25) is 4.79 Å². The maximum Gasteiger partial charge on any atom is 0.139 e. The average molecular weight is 272 g/mol. The Bertz CT molecular complexity index is 580. The summed E-state index contributed by atoms with van der Waals surface area (Å²) < 4.78 is 5.89. The van der Waals surface area contributed by atoms with Gasteiger partial charge in [0.05, 0.1) is 6.61 Å². The normalized spacial score (nSPS) is 38.6. The first-order valence-electron chi connectivity index (χ1n) is 7.58. The average Bonchev–Trinajstić information content (AvgIpc) is 2.74. The number of carbonyl (C=O) groups is 1. The predicted octanol–water partition coefficient (Wildman–Crippen LogP) is 3.26. The molecule has 4 rings (SSSR count). The molecular formula is C17H20O3. The zero-order chi connectivity index (χ0) is 13.9. The number of rotatable bonds is 0. The SMILES string of the molecule is CC12CCC3c4ccc(O)cc4OCC3C1CCC2=O. The van der Waals surface area contributed by atoms with Gasteiger partial charge in [-0.1, -0.05) is 13.0 Å². The van der Waals surface area contributed by atoms with Gasteiger partial charge >= 0.3 is 0 Å². The van der Waals surface area contributed by atoms with Gasteiger partial charge in [0.2, 0.25) is 0 Å². The highest BCUT2D eigenvalue weighted by atomic mass is 16.5. The third-order valence-electron chi connectivity index (χ3n) is 5.97. The lowest BCUT2D eigenvalue weighted by Gasteiger charge is -2.47. The molecule has 20 heavy (non-hydrogen) atoms. The number of fused-ring (bicyclic) bond motifs is 5. The first-order chi connectivity index (χ1) is 9.59. The molecule has 0 radical (unpaired) electrons. The number of hydrogen-bond acceptors (Lipinski definition) is 3. The summed E-state index contributed by atoms with van der Waals surface area (Å²) in [6.07, 6.45) is 3.82. The molecule has 4 unspecified atom stereocenters. The monoisotopic (exact) mass is 272 g/mol. The first-order valence-corrected chi connectivity index (χ1v) is 7.58. The Hall–Kier alpha value is -1.51. The lowest BCUT2D eigenvalue weighted by molar-refractivity contribution is -0.129. The van der Waals surface area contributed by atoms with E-state index >= 15 is 0 Å². The van der Waals surface area contributed by atoms with Crippen molar-refractivity contribution in [2.45, 2.75) is 38.5 Å². The highest BCUT2D eigenvalue weighted by molar-refractivity contribution is 5.87. The van der Waals surface area contributed by atoms with E-state index in [9.17, 15) is 9.90 Å². The summed E-state index contributed by atoms with van der Waals surface area (Å²) >= 11 is 0. The standard InChI is InChI=1S/C17H20O3/c1-17-7-6-11-12-3-2-10(18)8-15(12)20-9-13(11)14(17)4-5-16(17)19/h2-3,8,11,13-14,18H,4-7,9H2,1H3. The Kier molecular flexibility index (Phi) is 2.45. The fourth-order valence-electron chi connectivity index (χ4n) is 4.82. The molecular weight excluding hydrogens is 252 g/mol. The fourth-order valence-corrected chi connectivity index (χ4v) is 4.82. The number of Topliss-reactive ketones (excluding diaryl/α,β-unsaturated/α-hetero) is 1. The molecule has 3 nitrogen and oxygen atoms in total. The zero-order valence-electron chi connectivity index (χ0n) is 11.8. The molecule has 2 saturated carbocycles. The van der Waals surface area contributed by atoms with Crippen molar-refractivity contribution in [3.63, 3.8) is 0 Å². The van der Waals surface area contributed by atoms with E-state index < -0.39 is 0 Å². The topological polar surface area (TPSA) is 46.5 Å². The molecule has 1 aromatic rings. The number of carbonyl (C=O) groups excluding carboxylic acids is 1. The van der Waals surface area contributed by atoms with Crippen LogP contribution in [0.1, 0.15) is 44.1 Å². The fraction of sp³-hybridized carbons (Fsp3) is 0.588. The van der Waals surface area contributed by atoms with E-state index in [0.717, 1.165) is 31.4 Å². The Labute approximate surface area is 118 Å². The van der Waals surface area contributed by atoms with Crippen LogP contribution in [0.4, 0.5) is 0 Å². The van der Waals surface area contributed by atoms with Crippen LogP contribution >= 0.6 is 0 Å². The first kappa shape index (κ1) is 12.2. The van der Waals surface area contributed by atoms with E-state index in [1.165, 1.54) is 5.56 Å². The molecule has 1 aromatic carbocycles. The van der Waals surface area contributed by atoms with Gasteiger partial charge < -0.3 is 9.84 Å². The van der Waals surface area contributed by atoms with Gasteiger partial charge in [0, 0.05) is 23.8 Å². The molecule has 1 aliphatic heterocycles. The van der Waals surface area contributed by atoms with Crippen molar-refractivity contribution < 1.29 is 14.6 Å². The molecule has 0 spiro atoms. The second-order valence-corrected chi connectivity index (χ2v) is 6.83. The van der Waals surface area contributed by atoms with E-state index in [0.29, 0.717) is 30.1 Å². The second-order valence-electron chi connectivity index (χ2n) is 6.83. The number of phenolic OH excluding ortho intramolecular Hbond substituents is 1. The Morgan fingerprint density at radius 2 is 2.20 bits per heavy atom. The summed E-state index contributed by atoms with van der Waals surface area (Å²) in [6, 6.07) is 5.47. The molecule has 2 fully saturated rings. The maximum absolute atomic E-state index is 12.2. The minimum absolute atomic E-state index is 0.112. The van der Waals surface area contributed by atoms with Gasteiger partial charge in [-0.25, -0.2) is 0 Å². The summed E-state index contributed by atoms with van der Waals surface area (Å²) in [4.78, 5) is 12.2. The van der Waals surface area contributed by atoms with Crippen molar-refractivity contribution in [3.8, 4) is 11.5 Å². The number of ether oxygens (including phenoxy) is 1. The van der Waals surface area contributed by atoms with E-state index in [2.05, 4.69) is 6.92 Å². The Morgan fingerprint density at radius 3 is 3.05 bits per heavy atom. The van der Waals surface area contributed by atoms with Crippen molar-refractivity contribution in [3.05, 3.63) is 23.8 Å². The molecule has 0 bridgehead atoms. The molecule has 3 heteroatoms. The smallest absolute Gasteiger partial charge is 0.139 e. The van der Waals surface area contributed by atoms with Crippen LogP contribution in [0.2, 0.25) is 0 Å². The van der Waals surface area contributed by atoms with E-state index in [-0.39, 0.29) is 11.2 Å². The van der Waals surface area contributed by atoms with Gasteiger partial charge in [0.1, 0.15) is 17.3 Å². The molecule has 3 aliphatic rings. The minimum atomic E-state index is -0.112. The quantitative estimate of drug-likeness (QED) is 0.788. The molecule has 1 N–H and O–H groups in total. The second kappa shape index (κ2) is 4.00. The van der Waals surface area contributed by atoms with Crippen LogP contribution in [-0.4, -0.2) is 17.5 Å². The summed E-state index contributed by atoms with van der Waals surface area (Å²) in [5.41, 5.74) is 1.11. The highest BCUT2D eigenvalue weighted by Crippen LogP contribution is 2.58. The van der Waals surface area contributed by atoms with Gasteiger partial charge in [-0.15, -0.1) is 0 Å². The van der Waals surface area contributed by atoms with Crippen LogP contribution in [0.15, 0.2) is 18.2 Å². The molecule has 106 valence electrons. The van der Waals surface area contributed by atoms with Crippen molar-refractivity contribution >= 4 is 5.78 Å². The lowest BCUT2D eigenvalue weighted by Crippen LogP contribution is -2.44. The number of hydrogen-bond donors (Lipinski definition) is 1. The van der Waals surface area contributed by atoms with Crippen molar-refractivity contribution in [2.75, 3.05) is 6.61 Å². The van der Waals surface area contributed by atoms with E-state index in [4.69, 9.17) is 4.74 Å². The molecule has 1 heterocycles. The number of phenols is 1. The van der Waals surface area contributed by atoms with E-state index in [1.54, 1.807) is 12.1 Å². The van der Waals surface area contributed by atoms with Crippen LogP contribution < -0.4 is 4.74 Å². The van der Waals surface area contributed by atoms with Gasteiger partial charge in [-0.05, 0) is 42.7 Å².